The number of nitrogens with zero attached hydrogens (tertiary/aromatic N) is 6. The van der Waals surface area contributed by atoms with Gasteiger partial charge < -0.3 is 4.90 Å². The molecule has 2 aromatic rings. The fourth-order valence-corrected chi connectivity index (χ4v) is 2.40. The largest absolute Gasteiger partial charge is 0.361 e. The topological polar surface area (TPSA) is 70.6 Å². The van der Waals surface area contributed by atoms with Crippen LogP contribution in [0.3, 0.4) is 0 Å². The second kappa shape index (κ2) is 5.52. The number of hydrogen-bond acceptors (Lipinski definition) is 5. The smallest absolute Gasteiger partial charge is 0.170 e. The zero-order chi connectivity index (χ0) is 14.8. The van der Waals surface area contributed by atoms with E-state index in [0.717, 1.165) is 24.4 Å². The first-order chi connectivity index (χ1) is 10.2. The van der Waals surface area contributed by atoms with E-state index in [0.29, 0.717) is 24.2 Å². The van der Waals surface area contributed by atoms with Gasteiger partial charge in [-0.05, 0) is 55.3 Å². The standard InChI is InChI=1S/C15H18N6/c1-11(2)20(14-5-3-4-12(8-14)9-16)10-15-17-18-19-21(15)13-6-7-13/h3-5,8,11,13H,6-7,10H2,1-2H3. The minimum absolute atomic E-state index is 0.295. The molecule has 6 nitrogen and oxygen atoms in total. The zero-order valence-electron chi connectivity index (χ0n) is 12.3. The van der Waals surface area contributed by atoms with E-state index in [9.17, 15) is 0 Å². The molecule has 1 aliphatic rings. The molecule has 0 N–H and O–H groups in total. The molecule has 0 amide bonds. The van der Waals surface area contributed by atoms with Crippen molar-refractivity contribution in [3.05, 3.63) is 35.7 Å². The highest BCUT2D eigenvalue weighted by Crippen LogP contribution is 2.34. The van der Waals surface area contributed by atoms with Gasteiger partial charge in [0.25, 0.3) is 0 Å². The fraction of sp³-hybridized carbons (Fsp3) is 0.467. The van der Waals surface area contributed by atoms with Crippen molar-refractivity contribution in [1.82, 2.24) is 20.2 Å². The first kappa shape index (κ1) is 13.6. The number of rotatable bonds is 5. The van der Waals surface area contributed by atoms with Gasteiger partial charge in [0.1, 0.15) is 0 Å². The van der Waals surface area contributed by atoms with Gasteiger partial charge in [0.15, 0.2) is 5.82 Å². The summed E-state index contributed by atoms with van der Waals surface area (Å²) in [7, 11) is 0. The highest BCUT2D eigenvalue weighted by molar-refractivity contribution is 5.52. The Labute approximate surface area is 124 Å². The molecule has 6 heteroatoms. The molecule has 0 bridgehead atoms. The number of hydrogen-bond donors (Lipinski definition) is 0. The van der Waals surface area contributed by atoms with Crippen LogP contribution in [0.2, 0.25) is 0 Å². The predicted octanol–water partition coefficient (Wildman–Crippen LogP) is 2.29. The Balaban J connectivity index is 1.87. The van der Waals surface area contributed by atoms with Crippen molar-refractivity contribution in [3.8, 4) is 6.07 Å². The van der Waals surface area contributed by atoms with Gasteiger partial charge in [0.05, 0.1) is 24.2 Å². The Bertz CT molecular complexity index is 665. The average Bonchev–Trinajstić information content (AvgIpc) is 3.23. The highest BCUT2D eigenvalue weighted by atomic mass is 15.6. The molecule has 0 spiro atoms. The number of tetrazole rings is 1. The SMILES string of the molecule is CC(C)N(Cc1nnnn1C1CC1)c1cccc(C#N)c1. The van der Waals surface area contributed by atoms with E-state index in [-0.39, 0.29) is 0 Å². The number of nitriles is 1. The van der Waals surface area contributed by atoms with E-state index in [1.807, 2.05) is 28.9 Å². The fourth-order valence-electron chi connectivity index (χ4n) is 2.40. The zero-order valence-corrected chi connectivity index (χ0v) is 12.3. The van der Waals surface area contributed by atoms with Crippen molar-refractivity contribution >= 4 is 5.69 Å². The molecule has 1 aromatic carbocycles. The Morgan fingerprint density at radius 1 is 1.43 bits per heavy atom. The maximum Gasteiger partial charge on any atom is 0.170 e. The van der Waals surface area contributed by atoms with Gasteiger partial charge >= 0.3 is 0 Å². The maximum absolute atomic E-state index is 9.06. The quantitative estimate of drug-likeness (QED) is 0.841. The summed E-state index contributed by atoms with van der Waals surface area (Å²) < 4.78 is 1.93. The molecule has 21 heavy (non-hydrogen) atoms. The van der Waals surface area contributed by atoms with E-state index < -0.39 is 0 Å². The van der Waals surface area contributed by atoms with E-state index in [2.05, 4.69) is 40.3 Å². The van der Waals surface area contributed by atoms with Crippen LogP contribution in [0.5, 0.6) is 0 Å². The molecule has 0 radical (unpaired) electrons. The highest BCUT2D eigenvalue weighted by Gasteiger charge is 2.28. The van der Waals surface area contributed by atoms with Gasteiger partial charge in [-0.3, -0.25) is 0 Å². The van der Waals surface area contributed by atoms with Crippen LogP contribution in [0.15, 0.2) is 24.3 Å². The minimum atomic E-state index is 0.295. The molecule has 1 aliphatic carbocycles. The maximum atomic E-state index is 9.06. The van der Waals surface area contributed by atoms with Crippen molar-refractivity contribution in [1.29, 1.82) is 5.26 Å². The van der Waals surface area contributed by atoms with Crippen LogP contribution >= 0.6 is 0 Å². The summed E-state index contributed by atoms with van der Waals surface area (Å²) in [5, 5.41) is 21.1. The summed E-state index contributed by atoms with van der Waals surface area (Å²) in [6.45, 7) is 4.91. The molecule has 0 saturated heterocycles. The molecule has 0 aliphatic heterocycles. The average molecular weight is 282 g/mol. The molecular weight excluding hydrogens is 264 g/mol. The summed E-state index contributed by atoms with van der Waals surface area (Å²) in [6.07, 6.45) is 2.31. The van der Waals surface area contributed by atoms with Crippen LogP contribution in [0.25, 0.3) is 0 Å². The van der Waals surface area contributed by atoms with E-state index in [1.165, 1.54) is 0 Å². The lowest BCUT2D eigenvalue weighted by molar-refractivity contribution is 0.562. The van der Waals surface area contributed by atoms with Crippen molar-refractivity contribution in [2.24, 2.45) is 0 Å². The molecule has 1 aromatic heterocycles. The van der Waals surface area contributed by atoms with Gasteiger partial charge in [-0.25, -0.2) is 4.68 Å². The Hall–Kier alpha value is -2.42. The molecule has 1 saturated carbocycles. The van der Waals surface area contributed by atoms with Crippen LogP contribution < -0.4 is 4.90 Å². The molecule has 0 unspecified atom stereocenters. The lowest BCUT2D eigenvalue weighted by Gasteiger charge is -2.28. The second-order valence-electron chi connectivity index (χ2n) is 5.65. The minimum Gasteiger partial charge on any atom is -0.361 e. The Morgan fingerprint density at radius 3 is 2.90 bits per heavy atom. The van der Waals surface area contributed by atoms with Gasteiger partial charge in [-0.1, -0.05) is 6.07 Å². The molecule has 1 heterocycles. The van der Waals surface area contributed by atoms with Crippen LogP contribution in [0, 0.1) is 11.3 Å². The third-order valence-electron chi connectivity index (χ3n) is 3.70. The van der Waals surface area contributed by atoms with Crippen LogP contribution in [-0.2, 0) is 6.54 Å². The third kappa shape index (κ3) is 2.87. The van der Waals surface area contributed by atoms with Crippen molar-refractivity contribution in [3.63, 3.8) is 0 Å². The summed E-state index contributed by atoms with van der Waals surface area (Å²) in [4.78, 5) is 2.21. The van der Waals surface area contributed by atoms with Crippen molar-refractivity contribution in [2.45, 2.75) is 45.3 Å². The molecule has 0 atom stereocenters. The summed E-state index contributed by atoms with van der Waals surface area (Å²) in [5.41, 5.74) is 1.69. The predicted molar refractivity (Wildman–Crippen MR) is 78.6 cm³/mol. The molecular formula is C15H18N6. The van der Waals surface area contributed by atoms with E-state index >= 15 is 0 Å². The molecule has 1 fully saturated rings. The number of aromatic nitrogens is 4. The van der Waals surface area contributed by atoms with Gasteiger partial charge in [0, 0.05) is 11.7 Å². The summed E-state index contributed by atoms with van der Waals surface area (Å²) in [5.74, 6) is 0.883. The van der Waals surface area contributed by atoms with Gasteiger partial charge in [-0.2, -0.15) is 5.26 Å². The van der Waals surface area contributed by atoms with E-state index in [1.54, 1.807) is 0 Å². The van der Waals surface area contributed by atoms with Crippen LogP contribution in [0.4, 0.5) is 5.69 Å². The van der Waals surface area contributed by atoms with Gasteiger partial charge in [0.2, 0.25) is 0 Å². The summed E-state index contributed by atoms with van der Waals surface area (Å²) >= 11 is 0. The Morgan fingerprint density at radius 2 is 2.24 bits per heavy atom. The van der Waals surface area contributed by atoms with E-state index in [4.69, 9.17) is 5.26 Å². The van der Waals surface area contributed by atoms with Crippen molar-refractivity contribution < 1.29 is 0 Å². The van der Waals surface area contributed by atoms with Gasteiger partial charge in [-0.15, -0.1) is 5.10 Å². The molecule has 3 rings (SSSR count). The summed E-state index contributed by atoms with van der Waals surface area (Å²) in [6, 6.07) is 10.6. The lowest BCUT2D eigenvalue weighted by atomic mass is 10.1. The first-order valence-electron chi connectivity index (χ1n) is 7.22. The number of benzene rings is 1. The second-order valence-corrected chi connectivity index (χ2v) is 5.65. The lowest BCUT2D eigenvalue weighted by Crippen LogP contribution is -2.31. The normalized spacial score (nSPS) is 14.2. The monoisotopic (exact) mass is 282 g/mol. The van der Waals surface area contributed by atoms with Crippen LogP contribution in [-0.4, -0.2) is 26.2 Å². The third-order valence-corrected chi connectivity index (χ3v) is 3.70. The first-order valence-corrected chi connectivity index (χ1v) is 7.22. The number of anilines is 1. The Kier molecular flexibility index (Phi) is 3.57. The van der Waals surface area contributed by atoms with Crippen molar-refractivity contribution in [2.75, 3.05) is 4.90 Å². The van der Waals surface area contributed by atoms with Crippen LogP contribution in [0.1, 0.15) is 44.1 Å². The molecule has 108 valence electrons.